The number of halogens is 3. The molecule has 0 saturated heterocycles. The molecule has 0 bridgehead atoms. The third-order valence-corrected chi connectivity index (χ3v) is 3.46. The van der Waals surface area contributed by atoms with E-state index in [1.807, 2.05) is 0 Å². The van der Waals surface area contributed by atoms with Gasteiger partial charge in [0.25, 0.3) is 5.91 Å². The standard InChI is InChI=1S/C16H14ClF2NO2/c1-20(9-10-3-6-15(22-2)14(19)7-10)16(21)12-5-4-11(18)8-13(12)17/h3-8H,9H2,1-2H3. The van der Waals surface area contributed by atoms with Crippen molar-refractivity contribution >= 4 is 17.5 Å². The van der Waals surface area contributed by atoms with E-state index >= 15 is 0 Å². The zero-order valence-corrected chi connectivity index (χ0v) is 12.8. The Labute approximate surface area is 132 Å². The van der Waals surface area contributed by atoms with Gasteiger partial charge < -0.3 is 9.64 Å². The summed E-state index contributed by atoms with van der Waals surface area (Å²) >= 11 is 5.87. The molecule has 0 radical (unpaired) electrons. The molecule has 3 nitrogen and oxygen atoms in total. The van der Waals surface area contributed by atoms with Crippen molar-refractivity contribution in [3.63, 3.8) is 0 Å². The monoisotopic (exact) mass is 325 g/mol. The minimum Gasteiger partial charge on any atom is -0.494 e. The van der Waals surface area contributed by atoms with E-state index in [1.165, 1.54) is 36.3 Å². The van der Waals surface area contributed by atoms with Gasteiger partial charge in [-0.15, -0.1) is 0 Å². The van der Waals surface area contributed by atoms with Crippen LogP contribution in [0.15, 0.2) is 36.4 Å². The molecule has 1 amide bonds. The maximum absolute atomic E-state index is 13.6. The molecule has 0 aliphatic heterocycles. The molecule has 0 spiro atoms. The molecule has 2 aromatic carbocycles. The molecule has 0 saturated carbocycles. The number of methoxy groups -OCH3 is 1. The highest BCUT2D eigenvalue weighted by Gasteiger charge is 2.16. The minimum atomic E-state index is -0.513. The Bertz CT molecular complexity index is 707. The van der Waals surface area contributed by atoms with Gasteiger partial charge >= 0.3 is 0 Å². The first-order chi connectivity index (χ1) is 10.4. The molecule has 0 fully saturated rings. The minimum absolute atomic E-state index is 0.0396. The Morgan fingerprint density at radius 3 is 2.55 bits per heavy atom. The molecule has 2 rings (SSSR count). The highest BCUT2D eigenvalue weighted by atomic mass is 35.5. The molecule has 0 heterocycles. The van der Waals surface area contributed by atoms with Crippen molar-refractivity contribution in [2.75, 3.05) is 14.2 Å². The zero-order chi connectivity index (χ0) is 16.3. The molecule has 0 aliphatic rings. The lowest BCUT2D eigenvalue weighted by Crippen LogP contribution is -2.26. The van der Waals surface area contributed by atoms with Crippen LogP contribution in [0.2, 0.25) is 5.02 Å². The van der Waals surface area contributed by atoms with Crippen molar-refractivity contribution in [1.82, 2.24) is 4.90 Å². The van der Waals surface area contributed by atoms with Gasteiger partial charge in [0.1, 0.15) is 5.82 Å². The van der Waals surface area contributed by atoms with Gasteiger partial charge in [0.2, 0.25) is 0 Å². The van der Waals surface area contributed by atoms with Gasteiger partial charge in [-0.2, -0.15) is 0 Å². The largest absolute Gasteiger partial charge is 0.494 e. The molecule has 0 N–H and O–H groups in total. The van der Waals surface area contributed by atoms with E-state index in [2.05, 4.69) is 0 Å². The maximum atomic E-state index is 13.6. The van der Waals surface area contributed by atoms with Crippen LogP contribution < -0.4 is 4.74 Å². The molecule has 2 aromatic rings. The second-order valence-electron chi connectivity index (χ2n) is 4.75. The number of carbonyl (C=O) groups is 1. The Kier molecular flexibility index (Phi) is 4.98. The molecular formula is C16H14ClF2NO2. The normalized spacial score (nSPS) is 10.4. The summed E-state index contributed by atoms with van der Waals surface area (Å²) < 4.78 is 31.5. The summed E-state index contributed by atoms with van der Waals surface area (Å²) in [6.45, 7) is 0.188. The second-order valence-corrected chi connectivity index (χ2v) is 5.16. The average Bonchev–Trinajstić information content (AvgIpc) is 2.46. The van der Waals surface area contributed by atoms with Crippen LogP contribution in [0, 0.1) is 11.6 Å². The highest BCUT2D eigenvalue weighted by Crippen LogP contribution is 2.21. The summed E-state index contributed by atoms with van der Waals surface area (Å²) in [5, 5.41) is 0.0396. The van der Waals surface area contributed by atoms with Crippen LogP contribution in [-0.4, -0.2) is 25.0 Å². The Balaban J connectivity index is 2.16. The molecule has 0 unspecified atom stereocenters. The molecule has 0 atom stereocenters. The number of amides is 1. The van der Waals surface area contributed by atoms with Crippen LogP contribution in [0.5, 0.6) is 5.75 Å². The van der Waals surface area contributed by atoms with Gasteiger partial charge in [0.05, 0.1) is 17.7 Å². The summed E-state index contributed by atoms with van der Waals surface area (Å²) in [7, 11) is 2.94. The lowest BCUT2D eigenvalue weighted by Gasteiger charge is -2.18. The lowest BCUT2D eigenvalue weighted by atomic mass is 10.1. The number of ether oxygens (including phenoxy) is 1. The summed E-state index contributed by atoms with van der Waals surface area (Å²) in [6, 6.07) is 8.03. The van der Waals surface area contributed by atoms with Gasteiger partial charge in [0, 0.05) is 13.6 Å². The first kappa shape index (κ1) is 16.2. The quantitative estimate of drug-likeness (QED) is 0.853. The first-order valence-electron chi connectivity index (χ1n) is 6.45. The number of hydrogen-bond donors (Lipinski definition) is 0. The van der Waals surface area contributed by atoms with Crippen molar-refractivity contribution in [2.45, 2.75) is 6.54 Å². The van der Waals surface area contributed by atoms with Gasteiger partial charge in [-0.25, -0.2) is 8.78 Å². The van der Waals surface area contributed by atoms with E-state index in [4.69, 9.17) is 16.3 Å². The van der Waals surface area contributed by atoms with Crippen molar-refractivity contribution in [2.24, 2.45) is 0 Å². The third kappa shape index (κ3) is 3.54. The first-order valence-corrected chi connectivity index (χ1v) is 6.83. The SMILES string of the molecule is COc1ccc(CN(C)C(=O)c2ccc(F)cc2Cl)cc1F. The van der Waals surface area contributed by atoms with Gasteiger partial charge in [0.15, 0.2) is 11.6 Å². The second kappa shape index (κ2) is 6.75. The van der Waals surface area contributed by atoms with Gasteiger partial charge in [-0.3, -0.25) is 4.79 Å². The van der Waals surface area contributed by atoms with E-state index in [9.17, 15) is 13.6 Å². The molecule has 22 heavy (non-hydrogen) atoms. The Hall–Kier alpha value is -2.14. The van der Waals surface area contributed by atoms with Crippen LogP contribution >= 0.6 is 11.6 Å². The van der Waals surface area contributed by atoms with Crippen LogP contribution in [0.4, 0.5) is 8.78 Å². The summed E-state index contributed by atoms with van der Waals surface area (Å²) in [4.78, 5) is 13.7. The van der Waals surface area contributed by atoms with Crippen LogP contribution in [-0.2, 0) is 6.54 Å². The highest BCUT2D eigenvalue weighted by molar-refractivity contribution is 6.33. The van der Waals surface area contributed by atoms with Crippen molar-refractivity contribution in [1.29, 1.82) is 0 Å². The molecule has 0 aromatic heterocycles. The number of rotatable bonds is 4. The van der Waals surface area contributed by atoms with Crippen LogP contribution in [0.3, 0.4) is 0 Å². The van der Waals surface area contributed by atoms with Crippen molar-refractivity contribution < 1.29 is 18.3 Å². The van der Waals surface area contributed by atoms with E-state index in [1.54, 1.807) is 13.1 Å². The summed E-state index contributed by atoms with van der Waals surface area (Å²) in [6.07, 6.45) is 0. The Morgan fingerprint density at radius 2 is 1.95 bits per heavy atom. The molecule has 0 aliphatic carbocycles. The predicted molar refractivity (Wildman–Crippen MR) is 80.2 cm³/mol. The fourth-order valence-electron chi connectivity index (χ4n) is 2.02. The van der Waals surface area contributed by atoms with Gasteiger partial charge in [-0.05, 0) is 35.9 Å². The van der Waals surface area contributed by atoms with Crippen molar-refractivity contribution in [3.05, 3.63) is 64.2 Å². The smallest absolute Gasteiger partial charge is 0.255 e. The topological polar surface area (TPSA) is 29.5 Å². The molecule has 116 valence electrons. The predicted octanol–water partition coefficient (Wildman–Crippen LogP) is 3.90. The van der Waals surface area contributed by atoms with E-state index < -0.39 is 11.6 Å². The van der Waals surface area contributed by atoms with E-state index in [-0.39, 0.29) is 28.8 Å². The number of hydrogen-bond acceptors (Lipinski definition) is 2. The van der Waals surface area contributed by atoms with Crippen molar-refractivity contribution in [3.8, 4) is 5.75 Å². The van der Waals surface area contributed by atoms with Crippen LogP contribution in [0.1, 0.15) is 15.9 Å². The lowest BCUT2D eigenvalue weighted by molar-refractivity contribution is 0.0785. The van der Waals surface area contributed by atoms with Gasteiger partial charge in [-0.1, -0.05) is 17.7 Å². The fourth-order valence-corrected chi connectivity index (χ4v) is 2.27. The van der Waals surface area contributed by atoms with E-state index in [0.29, 0.717) is 5.56 Å². The average molecular weight is 326 g/mol. The Morgan fingerprint density at radius 1 is 1.23 bits per heavy atom. The number of benzene rings is 2. The summed E-state index contributed by atoms with van der Waals surface area (Å²) in [5.74, 6) is -1.25. The summed E-state index contributed by atoms with van der Waals surface area (Å²) in [5.41, 5.74) is 0.798. The number of carbonyl (C=O) groups excluding carboxylic acids is 1. The molecular weight excluding hydrogens is 312 g/mol. The number of nitrogens with zero attached hydrogens (tertiary/aromatic N) is 1. The fraction of sp³-hybridized carbons (Fsp3) is 0.188. The maximum Gasteiger partial charge on any atom is 0.255 e. The van der Waals surface area contributed by atoms with Crippen LogP contribution in [0.25, 0.3) is 0 Å². The third-order valence-electron chi connectivity index (χ3n) is 3.14. The zero-order valence-electron chi connectivity index (χ0n) is 12.1. The van der Waals surface area contributed by atoms with E-state index in [0.717, 1.165) is 6.07 Å². The molecule has 6 heteroatoms.